The predicted octanol–water partition coefficient (Wildman–Crippen LogP) is 4.36. The molecule has 6 heteroatoms. The summed E-state index contributed by atoms with van der Waals surface area (Å²) in [5.41, 5.74) is -0.283. The lowest BCUT2D eigenvalue weighted by molar-refractivity contribution is 0.208. The predicted molar refractivity (Wildman–Crippen MR) is 73.4 cm³/mol. The lowest BCUT2D eigenvalue weighted by atomic mass is 10.0. The van der Waals surface area contributed by atoms with Gasteiger partial charge in [0, 0.05) is 22.2 Å². The molecule has 1 atom stereocenters. The monoisotopic (exact) mass is 318 g/mol. The van der Waals surface area contributed by atoms with E-state index in [1.165, 1.54) is 25.3 Å². The first kappa shape index (κ1) is 15.0. The van der Waals surface area contributed by atoms with E-state index in [2.05, 4.69) is 0 Å². The van der Waals surface area contributed by atoms with Gasteiger partial charge in [0.2, 0.25) is 0 Å². The molecule has 0 radical (unpaired) electrons. The SMILES string of the molecule is COc1cc(F)c(C(O)c2cc(Cl)cc(Cl)c2)c(F)c1. The van der Waals surface area contributed by atoms with Gasteiger partial charge in [-0.1, -0.05) is 23.2 Å². The van der Waals surface area contributed by atoms with Gasteiger partial charge < -0.3 is 9.84 Å². The molecule has 2 nitrogen and oxygen atoms in total. The molecule has 0 aromatic heterocycles. The molecule has 0 saturated carbocycles. The molecule has 2 rings (SSSR count). The van der Waals surface area contributed by atoms with Crippen molar-refractivity contribution in [2.24, 2.45) is 0 Å². The molecular weight excluding hydrogens is 309 g/mol. The van der Waals surface area contributed by atoms with Gasteiger partial charge in [0.05, 0.1) is 12.7 Å². The van der Waals surface area contributed by atoms with Gasteiger partial charge in [-0.3, -0.25) is 0 Å². The van der Waals surface area contributed by atoms with Gasteiger partial charge in [0.15, 0.2) is 0 Å². The summed E-state index contributed by atoms with van der Waals surface area (Å²) in [5.74, 6) is -1.80. The van der Waals surface area contributed by atoms with Crippen LogP contribution in [0.5, 0.6) is 5.75 Å². The van der Waals surface area contributed by atoms with Gasteiger partial charge in [-0.15, -0.1) is 0 Å². The van der Waals surface area contributed by atoms with Crippen LogP contribution in [-0.4, -0.2) is 12.2 Å². The third-order valence-corrected chi connectivity index (χ3v) is 3.20. The highest BCUT2D eigenvalue weighted by atomic mass is 35.5. The Labute approximate surface area is 124 Å². The number of methoxy groups -OCH3 is 1. The van der Waals surface area contributed by atoms with Crippen LogP contribution in [0.2, 0.25) is 10.0 Å². The molecule has 0 heterocycles. The minimum atomic E-state index is -1.52. The molecular formula is C14H10Cl2F2O2. The van der Waals surface area contributed by atoms with Crippen LogP contribution in [0.3, 0.4) is 0 Å². The Hall–Kier alpha value is -1.36. The highest BCUT2D eigenvalue weighted by Crippen LogP contribution is 2.32. The summed E-state index contributed by atoms with van der Waals surface area (Å²) in [4.78, 5) is 0. The van der Waals surface area contributed by atoms with E-state index >= 15 is 0 Å². The van der Waals surface area contributed by atoms with Crippen LogP contribution in [0.15, 0.2) is 30.3 Å². The smallest absolute Gasteiger partial charge is 0.135 e. The Morgan fingerprint density at radius 3 is 1.95 bits per heavy atom. The van der Waals surface area contributed by atoms with Crippen molar-refractivity contribution in [2.75, 3.05) is 7.11 Å². The summed E-state index contributed by atoms with van der Waals surface area (Å²) < 4.78 is 32.5. The molecule has 1 N–H and O–H groups in total. The fourth-order valence-electron chi connectivity index (χ4n) is 1.84. The van der Waals surface area contributed by atoms with Crippen LogP contribution in [0.25, 0.3) is 0 Å². The van der Waals surface area contributed by atoms with Crippen molar-refractivity contribution in [3.05, 3.63) is 63.1 Å². The van der Waals surface area contributed by atoms with Crippen LogP contribution >= 0.6 is 23.2 Å². The molecule has 0 spiro atoms. The number of rotatable bonds is 3. The fourth-order valence-corrected chi connectivity index (χ4v) is 2.38. The lowest BCUT2D eigenvalue weighted by Crippen LogP contribution is -2.06. The van der Waals surface area contributed by atoms with Crippen LogP contribution in [0.1, 0.15) is 17.2 Å². The molecule has 0 aliphatic heterocycles. The number of halogens is 4. The molecule has 0 bridgehead atoms. The fraction of sp³-hybridized carbons (Fsp3) is 0.143. The van der Waals surface area contributed by atoms with E-state index in [1.807, 2.05) is 0 Å². The normalized spacial score (nSPS) is 12.3. The van der Waals surface area contributed by atoms with E-state index < -0.39 is 23.3 Å². The van der Waals surface area contributed by atoms with E-state index in [9.17, 15) is 13.9 Å². The maximum absolute atomic E-state index is 13.9. The summed E-state index contributed by atoms with van der Waals surface area (Å²) in [5, 5.41) is 10.7. The van der Waals surface area contributed by atoms with E-state index in [4.69, 9.17) is 27.9 Å². The van der Waals surface area contributed by atoms with E-state index in [1.54, 1.807) is 0 Å². The second-order valence-corrected chi connectivity index (χ2v) is 4.98. The van der Waals surface area contributed by atoms with Crippen molar-refractivity contribution in [3.63, 3.8) is 0 Å². The second-order valence-electron chi connectivity index (χ2n) is 4.11. The Balaban J connectivity index is 2.50. The van der Waals surface area contributed by atoms with E-state index in [0.29, 0.717) is 0 Å². The number of aliphatic hydroxyl groups is 1. The minimum absolute atomic E-state index is 0.0278. The van der Waals surface area contributed by atoms with Crippen molar-refractivity contribution < 1.29 is 18.6 Å². The summed E-state index contributed by atoms with van der Waals surface area (Å²) in [7, 11) is 1.29. The molecule has 2 aromatic carbocycles. The zero-order valence-corrected chi connectivity index (χ0v) is 11.8. The molecule has 0 fully saturated rings. The minimum Gasteiger partial charge on any atom is -0.497 e. The van der Waals surface area contributed by atoms with Crippen molar-refractivity contribution in [1.29, 1.82) is 0 Å². The molecule has 0 saturated heterocycles. The molecule has 0 aliphatic rings. The molecule has 2 aromatic rings. The van der Waals surface area contributed by atoms with E-state index in [0.717, 1.165) is 12.1 Å². The molecule has 106 valence electrons. The second kappa shape index (κ2) is 5.95. The molecule has 20 heavy (non-hydrogen) atoms. The number of aliphatic hydroxyl groups excluding tert-OH is 1. The summed E-state index contributed by atoms with van der Waals surface area (Å²) in [6, 6.07) is 6.23. The van der Waals surface area contributed by atoms with Crippen molar-refractivity contribution in [3.8, 4) is 5.75 Å². The van der Waals surface area contributed by atoms with Crippen LogP contribution in [0, 0.1) is 11.6 Å². The van der Waals surface area contributed by atoms with Crippen molar-refractivity contribution >= 4 is 23.2 Å². The first-order valence-electron chi connectivity index (χ1n) is 5.59. The number of hydrogen-bond donors (Lipinski definition) is 1. The largest absolute Gasteiger partial charge is 0.497 e. The first-order chi connectivity index (χ1) is 9.42. The van der Waals surface area contributed by atoms with Gasteiger partial charge in [0.25, 0.3) is 0 Å². The zero-order chi connectivity index (χ0) is 14.9. The van der Waals surface area contributed by atoms with Crippen molar-refractivity contribution in [1.82, 2.24) is 0 Å². The molecule has 0 amide bonds. The maximum atomic E-state index is 13.9. The average molecular weight is 319 g/mol. The standard InChI is InChI=1S/C14H10Cl2F2O2/c1-20-10-5-11(17)13(12(18)6-10)14(19)7-2-8(15)4-9(16)3-7/h2-6,14,19H,1H3. The highest BCUT2D eigenvalue weighted by Gasteiger charge is 2.21. The van der Waals surface area contributed by atoms with Crippen LogP contribution in [0.4, 0.5) is 8.78 Å². The Morgan fingerprint density at radius 1 is 1.00 bits per heavy atom. The lowest BCUT2D eigenvalue weighted by Gasteiger charge is -2.15. The number of benzene rings is 2. The summed E-state index contributed by atoms with van der Waals surface area (Å²) in [6.45, 7) is 0. The van der Waals surface area contributed by atoms with Crippen LogP contribution < -0.4 is 4.74 Å². The average Bonchev–Trinajstić information content (AvgIpc) is 2.36. The summed E-state index contributed by atoms with van der Waals surface area (Å²) >= 11 is 11.6. The Morgan fingerprint density at radius 2 is 1.50 bits per heavy atom. The van der Waals surface area contributed by atoms with Gasteiger partial charge in [0.1, 0.15) is 23.5 Å². The third kappa shape index (κ3) is 3.03. The molecule has 0 aliphatic carbocycles. The first-order valence-corrected chi connectivity index (χ1v) is 6.35. The van der Waals surface area contributed by atoms with Crippen molar-refractivity contribution in [2.45, 2.75) is 6.10 Å². The number of ether oxygens (including phenoxy) is 1. The van der Waals surface area contributed by atoms with Gasteiger partial charge in [-0.05, 0) is 23.8 Å². The number of hydrogen-bond acceptors (Lipinski definition) is 2. The van der Waals surface area contributed by atoms with Gasteiger partial charge >= 0.3 is 0 Å². The zero-order valence-electron chi connectivity index (χ0n) is 10.3. The Bertz CT molecular complexity index is 604. The van der Waals surface area contributed by atoms with Gasteiger partial charge in [-0.25, -0.2) is 8.78 Å². The maximum Gasteiger partial charge on any atom is 0.135 e. The van der Waals surface area contributed by atoms with Gasteiger partial charge in [-0.2, -0.15) is 0 Å². The quantitative estimate of drug-likeness (QED) is 0.911. The van der Waals surface area contributed by atoms with Crippen LogP contribution in [-0.2, 0) is 0 Å². The topological polar surface area (TPSA) is 29.5 Å². The molecule has 1 unspecified atom stereocenters. The highest BCUT2D eigenvalue weighted by molar-refractivity contribution is 6.34. The van der Waals surface area contributed by atoms with E-state index in [-0.39, 0.29) is 21.4 Å². The summed E-state index contributed by atoms with van der Waals surface area (Å²) in [6.07, 6.45) is -1.52. The Kier molecular flexibility index (Phi) is 4.48. The third-order valence-electron chi connectivity index (χ3n) is 2.76.